The maximum atomic E-state index is 12.3. The summed E-state index contributed by atoms with van der Waals surface area (Å²) in [6.45, 7) is 5.94. The minimum atomic E-state index is -0.523. The highest BCUT2D eigenvalue weighted by Crippen LogP contribution is 2.46. The topological polar surface area (TPSA) is 132 Å². The van der Waals surface area contributed by atoms with Gasteiger partial charge in [0.2, 0.25) is 5.88 Å². The predicted octanol–water partition coefficient (Wildman–Crippen LogP) is 3.92. The fourth-order valence-electron chi connectivity index (χ4n) is 5.15. The highest BCUT2D eigenvalue weighted by Gasteiger charge is 2.41. The molecule has 1 aliphatic heterocycles. The Bertz CT molecular complexity index is 1350. The molecule has 3 aromatic heterocycles. The lowest BCUT2D eigenvalue weighted by atomic mass is 9.86. The van der Waals surface area contributed by atoms with Crippen LogP contribution in [0.3, 0.4) is 0 Å². The van der Waals surface area contributed by atoms with E-state index in [4.69, 9.17) is 20.2 Å². The van der Waals surface area contributed by atoms with Gasteiger partial charge in [-0.25, -0.2) is 19.7 Å². The van der Waals surface area contributed by atoms with Crippen molar-refractivity contribution in [3.8, 4) is 5.88 Å². The molecule has 2 saturated carbocycles. The van der Waals surface area contributed by atoms with Crippen molar-refractivity contribution in [3.05, 3.63) is 47.4 Å². The molecule has 4 N–H and O–H groups in total. The molecule has 3 atom stereocenters. The highest BCUT2D eigenvalue weighted by atomic mass is 16.5. The molecule has 6 rings (SSSR count). The summed E-state index contributed by atoms with van der Waals surface area (Å²) in [7, 11) is 0. The fraction of sp³-hybridized carbons (Fsp3) is 0.481. The molecule has 0 amide bonds. The van der Waals surface area contributed by atoms with Gasteiger partial charge in [0, 0.05) is 36.7 Å². The van der Waals surface area contributed by atoms with Crippen LogP contribution in [0, 0.1) is 5.92 Å². The molecule has 0 bridgehead atoms. The molecular weight excluding hydrogens is 458 g/mol. The molecule has 3 aromatic rings. The van der Waals surface area contributed by atoms with E-state index in [-0.39, 0.29) is 30.2 Å². The number of fused-ring (bicyclic) bond motifs is 2. The van der Waals surface area contributed by atoms with Crippen molar-refractivity contribution in [2.75, 3.05) is 5.32 Å². The van der Waals surface area contributed by atoms with E-state index in [0.29, 0.717) is 41.8 Å². The van der Waals surface area contributed by atoms with Crippen LogP contribution in [0.25, 0.3) is 10.8 Å². The molecule has 9 nitrogen and oxygen atoms in total. The van der Waals surface area contributed by atoms with Crippen molar-refractivity contribution in [2.45, 2.75) is 76.2 Å². The standard InChI is InChI=1S/C27H31N5O4/c1-13-14(2)35-26(34)18-6-7-22(32-24(13)18)31-23-10-19-20(11-29-23)25(36-17-8-16(33)9-17)30-12-21(19)27(3,28)15-4-5-15/h6-7,10-17,33H,4-5,8-9,28H2,1-3H3,(H,29,31,32)/t13-,14-,16-,17-,27+/m0/s1. The number of esters is 1. The second-order valence-corrected chi connectivity index (χ2v) is 10.7. The van der Waals surface area contributed by atoms with Crippen molar-refractivity contribution in [3.63, 3.8) is 0 Å². The highest BCUT2D eigenvalue weighted by molar-refractivity contribution is 5.93. The Balaban J connectivity index is 1.37. The summed E-state index contributed by atoms with van der Waals surface area (Å²) in [5, 5.41) is 14.7. The number of pyridine rings is 3. The molecule has 2 fully saturated rings. The molecule has 4 heterocycles. The van der Waals surface area contributed by atoms with Gasteiger partial charge in [0.15, 0.2) is 0 Å². The fourth-order valence-corrected chi connectivity index (χ4v) is 5.15. The zero-order valence-corrected chi connectivity index (χ0v) is 20.7. The van der Waals surface area contributed by atoms with Crippen molar-refractivity contribution >= 4 is 28.4 Å². The maximum absolute atomic E-state index is 12.3. The summed E-state index contributed by atoms with van der Waals surface area (Å²) in [6.07, 6.45) is 6.37. The van der Waals surface area contributed by atoms with E-state index >= 15 is 0 Å². The van der Waals surface area contributed by atoms with Crippen molar-refractivity contribution in [2.24, 2.45) is 11.7 Å². The SMILES string of the molecule is C[C@@H]1OC(=O)c2ccc(Nc3cc4c([C@](C)(N)C5CC5)cnc(O[C@H]5C[C@H](O)C5)c4cn3)nc2[C@H]1C. The number of ether oxygens (including phenoxy) is 2. The molecule has 36 heavy (non-hydrogen) atoms. The van der Waals surface area contributed by atoms with E-state index in [1.807, 2.05) is 26.1 Å². The van der Waals surface area contributed by atoms with Gasteiger partial charge in [0.1, 0.15) is 23.8 Å². The lowest BCUT2D eigenvalue weighted by Gasteiger charge is -2.32. The van der Waals surface area contributed by atoms with Gasteiger partial charge in [-0.15, -0.1) is 0 Å². The third-order valence-corrected chi connectivity index (χ3v) is 7.92. The number of cyclic esters (lactones) is 1. The number of rotatable bonds is 6. The average Bonchev–Trinajstić information content (AvgIpc) is 3.68. The van der Waals surface area contributed by atoms with Gasteiger partial charge in [0.25, 0.3) is 0 Å². The third kappa shape index (κ3) is 3.96. The van der Waals surface area contributed by atoms with Gasteiger partial charge >= 0.3 is 5.97 Å². The van der Waals surface area contributed by atoms with Gasteiger partial charge in [-0.1, -0.05) is 6.92 Å². The summed E-state index contributed by atoms with van der Waals surface area (Å²) in [5.74, 6) is 1.77. The summed E-state index contributed by atoms with van der Waals surface area (Å²) in [4.78, 5) is 26.2. The molecule has 0 unspecified atom stereocenters. The Morgan fingerprint density at radius 3 is 2.64 bits per heavy atom. The lowest BCUT2D eigenvalue weighted by molar-refractivity contribution is -0.0120. The monoisotopic (exact) mass is 489 g/mol. The molecule has 9 heteroatoms. The maximum Gasteiger partial charge on any atom is 0.340 e. The van der Waals surface area contributed by atoms with Crippen molar-refractivity contribution in [1.82, 2.24) is 15.0 Å². The Hall–Kier alpha value is -3.30. The van der Waals surface area contributed by atoms with Crippen LogP contribution in [-0.4, -0.2) is 44.3 Å². The quantitative estimate of drug-likeness (QED) is 0.441. The zero-order valence-electron chi connectivity index (χ0n) is 20.7. The molecule has 0 spiro atoms. The smallest absolute Gasteiger partial charge is 0.340 e. The Morgan fingerprint density at radius 1 is 1.14 bits per heavy atom. The molecule has 3 aliphatic rings. The van der Waals surface area contributed by atoms with Gasteiger partial charge in [-0.05, 0) is 61.8 Å². The minimum Gasteiger partial charge on any atom is -0.474 e. The molecular formula is C27H31N5O4. The first-order valence-corrected chi connectivity index (χ1v) is 12.6. The van der Waals surface area contributed by atoms with E-state index in [1.54, 1.807) is 18.3 Å². The van der Waals surface area contributed by atoms with Crippen LogP contribution in [-0.2, 0) is 10.3 Å². The molecule has 188 valence electrons. The van der Waals surface area contributed by atoms with Crippen LogP contribution in [0.2, 0.25) is 0 Å². The van der Waals surface area contributed by atoms with Crippen molar-refractivity contribution < 1.29 is 19.4 Å². The number of nitrogens with zero attached hydrogens (tertiary/aromatic N) is 3. The van der Waals surface area contributed by atoms with Crippen LogP contribution < -0.4 is 15.8 Å². The van der Waals surface area contributed by atoms with Gasteiger partial charge < -0.3 is 25.6 Å². The summed E-state index contributed by atoms with van der Waals surface area (Å²) < 4.78 is 11.5. The Morgan fingerprint density at radius 2 is 1.92 bits per heavy atom. The van der Waals surface area contributed by atoms with E-state index in [0.717, 1.165) is 34.9 Å². The largest absolute Gasteiger partial charge is 0.474 e. The number of aliphatic hydroxyl groups is 1. The normalized spacial score (nSPS) is 27.0. The number of hydrogen-bond donors (Lipinski definition) is 3. The second kappa shape index (κ2) is 8.38. The predicted molar refractivity (Wildman–Crippen MR) is 134 cm³/mol. The first-order valence-electron chi connectivity index (χ1n) is 12.6. The summed E-state index contributed by atoms with van der Waals surface area (Å²) >= 11 is 0. The number of carbonyl (C=O) groups is 1. The molecule has 2 aliphatic carbocycles. The van der Waals surface area contributed by atoms with Crippen LogP contribution in [0.15, 0.2) is 30.6 Å². The minimum absolute atomic E-state index is 0.0112. The molecule has 0 aromatic carbocycles. The molecule has 0 saturated heterocycles. The Labute approximate surface area is 209 Å². The number of anilines is 2. The summed E-state index contributed by atoms with van der Waals surface area (Å²) in [6, 6.07) is 5.47. The van der Waals surface area contributed by atoms with E-state index in [1.165, 1.54) is 0 Å². The van der Waals surface area contributed by atoms with Crippen LogP contribution in [0.4, 0.5) is 11.6 Å². The number of nitrogens with two attached hydrogens (primary N) is 1. The average molecular weight is 490 g/mol. The zero-order chi connectivity index (χ0) is 25.2. The van der Waals surface area contributed by atoms with Crippen LogP contribution in [0.5, 0.6) is 5.88 Å². The van der Waals surface area contributed by atoms with Gasteiger partial charge in [-0.3, -0.25) is 0 Å². The van der Waals surface area contributed by atoms with Crippen LogP contribution in [0.1, 0.15) is 74.0 Å². The van der Waals surface area contributed by atoms with E-state index in [2.05, 4.69) is 22.2 Å². The van der Waals surface area contributed by atoms with Crippen molar-refractivity contribution in [1.29, 1.82) is 0 Å². The number of hydrogen-bond acceptors (Lipinski definition) is 9. The summed E-state index contributed by atoms with van der Waals surface area (Å²) in [5.41, 5.74) is 8.47. The second-order valence-electron chi connectivity index (χ2n) is 10.7. The first kappa shape index (κ1) is 23.1. The van der Waals surface area contributed by atoms with E-state index < -0.39 is 5.54 Å². The first-order chi connectivity index (χ1) is 17.2. The number of aliphatic hydroxyl groups excluding tert-OH is 1. The Kier molecular flexibility index (Phi) is 5.38. The number of nitrogens with one attached hydrogen (secondary N) is 1. The molecule has 0 radical (unpaired) electrons. The number of aromatic nitrogens is 3. The van der Waals surface area contributed by atoms with Crippen LogP contribution >= 0.6 is 0 Å². The third-order valence-electron chi connectivity index (χ3n) is 7.92. The number of carbonyl (C=O) groups excluding carboxylic acids is 1. The van der Waals surface area contributed by atoms with Gasteiger partial charge in [0.05, 0.1) is 22.7 Å². The van der Waals surface area contributed by atoms with Gasteiger partial charge in [-0.2, -0.15) is 0 Å². The van der Waals surface area contributed by atoms with E-state index in [9.17, 15) is 9.90 Å². The lowest BCUT2D eigenvalue weighted by Crippen LogP contribution is -2.38.